The van der Waals surface area contributed by atoms with Crippen molar-refractivity contribution in [1.82, 2.24) is 9.62 Å². The van der Waals surface area contributed by atoms with Gasteiger partial charge in [0.1, 0.15) is 5.82 Å². The maximum Gasteiger partial charge on any atom is 0.278 e. The zero-order chi connectivity index (χ0) is 17.3. The average Bonchev–Trinajstić information content (AvgIpc) is 3.38. The Bertz CT molecular complexity index is 696. The van der Waals surface area contributed by atoms with Gasteiger partial charge in [0.25, 0.3) is 5.91 Å². The van der Waals surface area contributed by atoms with Gasteiger partial charge in [0.2, 0.25) is 10.0 Å². The summed E-state index contributed by atoms with van der Waals surface area (Å²) in [5, 5.41) is 3.00. The first-order valence-corrected chi connectivity index (χ1v) is 9.72. The minimum Gasteiger partial charge on any atom is -0.348 e. The molecule has 2 N–H and O–H groups in total. The van der Waals surface area contributed by atoms with E-state index in [1.165, 1.54) is 16.4 Å². The number of piperazine rings is 1. The van der Waals surface area contributed by atoms with Crippen molar-refractivity contribution in [3.8, 4) is 0 Å². The van der Waals surface area contributed by atoms with Crippen molar-refractivity contribution in [2.45, 2.75) is 36.7 Å². The van der Waals surface area contributed by atoms with Gasteiger partial charge in [-0.05, 0) is 44.0 Å². The number of quaternary nitrogens is 1. The molecule has 132 valence electrons. The fraction of sp³-hybridized carbons (Fsp3) is 0.562. The summed E-state index contributed by atoms with van der Waals surface area (Å²) in [5.74, 6) is -0.416. The number of nitrogens with one attached hydrogen (secondary N) is 2. The van der Waals surface area contributed by atoms with Gasteiger partial charge < -0.3 is 10.2 Å². The van der Waals surface area contributed by atoms with Gasteiger partial charge in [-0.2, -0.15) is 4.31 Å². The fourth-order valence-electron chi connectivity index (χ4n) is 2.94. The number of sulfonamides is 1. The number of rotatable bonds is 5. The number of amides is 1. The second-order valence-electron chi connectivity index (χ2n) is 6.52. The van der Waals surface area contributed by atoms with Crippen LogP contribution in [0.1, 0.15) is 19.8 Å². The van der Waals surface area contributed by atoms with E-state index >= 15 is 0 Å². The molecule has 1 aromatic carbocycles. The molecule has 8 heteroatoms. The Hall–Kier alpha value is -1.51. The number of hydrogen-bond acceptors (Lipinski definition) is 3. The number of benzene rings is 1. The predicted octanol–water partition coefficient (Wildman–Crippen LogP) is -0.618. The molecule has 6 nitrogen and oxygen atoms in total. The van der Waals surface area contributed by atoms with Gasteiger partial charge in [-0.3, -0.25) is 4.79 Å². The minimum absolute atomic E-state index is 0.0438. The number of hydrogen-bond donors (Lipinski definition) is 2. The summed E-state index contributed by atoms with van der Waals surface area (Å²) >= 11 is 0. The Balaban J connectivity index is 1.59. The van der Waals surface area contributed by atoms with Gasteiger partial charge in [0.05, 0.1) is 31.1 Å². The van der Waals surface area contributed by atoms with Crippen LogP contribution in [-0.2, 0) is 14.8 Å². The van der Waals surface area contributed by atoms with Crippen LogP contribution in [0.25, 0.3) is 0 Å². The van der Waals surface area contributed by atoms with Crippen molar-refractivity contribution in [3.63, 3.8) is 0 Å². The zero-order valence-electron chi connectivity index (χ0n) is 13.7. The predicted molar refractivity (Wildman–Crippen MR) is 86.5 cm³/mol. The molecule has 24 heavy (non-hydrogen) atoms. The molecule has 3 rings (SSSR count). The molecular weight excluding hydrogens is 333 g/mol. The molecule has 0 spiro atoms. The lowest BCUT2D eigenvalue weighted by atomic mass is 10.2. The number of halogens is 1. The van der Waals surface area contributed by atoms with E-state index in [0.29, 0.717) is 32.2 Å². The fourth-order valence-corrected chi connectivity index (χ4v) is 4.38. The Morgan fingerprint density at radius 3 is 2.38 bits per heavy atom. The molecule has 0 radical (unpaired) electrons. The summed E-state index contributed by atoms with van der Waals surface area (Å²) in [4.78, 5) is 13.3. The van der Waals surface area contributed by atoms with Crippen molar-refractivity contribution < 1.29 is 22.5 Å². The summed E-state index contributed by atoms with van der Waals surface area (Å²) in [7, 11) is -3.60. The third-order valence-electron chi connectivity index (χ3n) is 4.75. The maximum atomic E-state index is 13.0. The first-order chi connectivity index (χ1) is 11.4. The van der Waals surface area contributed by atoms with Crippen molar-refractivity contribution in [2.75, 3.05) is 26.2 Å². The van der Waals surface area contributed by atoms with E-state index in [4.69, 9.17) is 0 Å². The molecule has 1 heterocycles. The molecule has 1 saturated heterocycles. The highest BCUT2D eigenvalue weighted by atomic mass is 32.2. The lowest BCUT2D eigenvalue weighted by Crippen LogP contribution is -3.19. The van der Waals surface area contributed by atoms with Gasteiger partial charge in [-0.25, -0.2) is 12.8 Å². The lowest BCUT2D eigenvalue weighted by Gasteiger charge is -2.34. The van der Waals surface area contributed by atoms with E-state index in [2.05, 4.69) is 5.32 Å². The van der Waals surface area contributed by atoms with E-state index in [1.54, 1.807) is 0 Å². The quantitative estimate of drug-likeness (QED) is 0.739. The second-order valence-corrected chi connectivity index (χ2v) is 8.46. The lowest BCUT2D eigenvalue weighted by molar-refractivity contribution is -0.917. The van der Waals surface area contributed by atoms with Gasteiger partial charge >= 0.3 is 0 Å². The van der Waals surface area contributed by atoms with Gasteiger partial charge in [0, 0.05) is 6.04 Å². The highest BCUT2D eigenvalue weighted by molar-refractivity contribution is 7.89. The van der Waals surface area contributed by atoms with E-state index < -0.39 is 15.8 Å². The van der Waals surface area contributed by atoms with Crippen LogP contribution in [0.5, 0.6) is 0 Å². The molecular formula is C16H23FN3O3S+. The van der Waals surface area contributed by atoms with Crippen LogP contribution in [0.3, 0.4) is 0 Å². The molecule has 2 fully saturated rings. The van der Waals surface area contributed by atoms with Crippen LogP contribution in [0, 0.1) is 5.82 Å². The van der Waals surface area contributed by atoms with Crippen LogP contribution >= 0.6 is 0 Å². The van der Waals surface area contributed by atoms with E-state index in [1.807, 2.05) is 6.92 Å². The van der Waals surface area contributed by atoms with Crippen molar-refractivity contribution in [1.29, 1.82) is 0 Å². The topological polar surface area (TPSA) is 70.9 Å². The largest absolute Gasteiger partial charge is 0.348 e. The maximum absolute atomic E-state index is 13.0. The molecule has 1 aliphatic heterocycles. The molecule has 1 amide bonds. The van der Waals surface area contributed by atoms with Crippen molar-refractivity contribution in [2.24, 2.45) is 0 Å². The second kappa shape index (κ2) is 6.78. The summed E-state index contributed by atoms with van der Waals surface area (Å²) in [6.45, 7) is 3.77. The van der Waals surface area contributed by atoms with Crippen LogP contribution in [0.15, 0.2) is 29.2 Å². The third kappa shape index (κ3) is 3.76. The smallest absolute Gasteiger partial charge is 0.278 e. The summed E-state index contributed by atoms with van der Waals surface area (Å²) in [6.07, 6.45) is 2.11. The molecule has 0 aromatic heterocycles. The monoisotopic (exact) mass is 356 g/mol. The van der Waals surface area contributed by atoms with Crippen LogP contribution in [-0.4, -0.2) is 56.9 Å². The normalized spacial score (nSPS) is 21.4. The van der Waals surface area contributed by atoms with E-state index in [9.17, 15) is 17.6 Å². The van der Waals surface area contributed by atoms with Crippen molar-refractivity contribution in [3.05, 3.63) is 30.1 Å². The van der Waals surface area contributed by atoms with Gasteiger partial charge in [-0.15, -0.1) is 0 Å². The number of carbonyl (C=O) groups excluding carboxylic acids is 1. The van der Waals surface area contributed by atoms with Crippen LogP contribution in [0.4, 0.5) is 4.39 Å². The molecule has 1 atom stereocenters. The minimum atomic E-state index is -3.60. The Kier molecular flexibility index (Phi) is 4.89. The van der Waals surface area contributed by atoms with Crippen LogP contribution in [0.2, 0.25) is 0 Å². The van der Waals surface area contributed by atoms with E-state index in [0.717, 1.165) is 29.9 Å². The first-order valence-electron chi connectivity index (χ1n) is 8.28. The van der Waals surface area contributed by atoms with Crippen LogP contribution < -0.4 is 10.2 Å². The zero-order valence-corrected chi connectivity index (χ0v) is 14.5. The third-order valence-corrected chi connectivity index (χ3v) is 6.66. The highest BCUT2D eigenvalue weighted by Gasteiger charge is 2.35. The first kappa shape index (κ1) is 17.3. The number of carbonyl (C=O) groups is 1. The standard InChI is InChI=1S/C16H22FN3O3S/c1-12(16(21)18-14-4-5-14)19-8-10-20(11-9-19)24(22,23)15-6-2-13(17)3-7-15/h2-3,6-7,12,14H,4-5,8-11H2,1H3,(H,18,21)/p+1/t12-/m0/s1. The number of nitrogens with zero attached hydrogens (tertiary/aromatic N) is 1. The molecule has 1 aromatic rings. The van der Waals surface area contributed by atoms with E-state index in [-0.39, 0.29) is 16.8 Å². The highest BCUT2D eigenvalue weighted by Crippen LogP contribution is 2.18. The summed E-state index contributed by atoms with van der Waals surface area (Å²) in [6, 6.07) is 5.03. The van der Waals surface area contributed by atoms with Gasteiger partial charge in [-0.1, -0.05) is 0 Å². The average molecular weight is 356 g/mol. The molecule has 0 bridgehead atoms. The Labute approximate surface area is 141 Å². The van der Waals surface area contributed by atoms with Crippen molar-refractivity contribution >= 4 is 15.9 Å². The Morgan fingerprint density at radius 2 is 1.83 bits per heavy atom. The molecule has 1 aliphatic carbocycles. The Morgan fingerprint density at radius 1 is 1.25 bits per heavy atom. The molecule has 2 aliphatic rings. The summed E-state index contributed by atoms with van der Waals surface area (Å²) in [5.41, 5.74) is 0. The molecule has 1 saturated carbocycles. The SMILES string of the molecule is C[C@@H](C(=O)NC1CC1)[NH+]1CCN(S(=O)(=O)c2ccc(F)cc2)CC1. The summed E-state index contributed by atoms with van der Waals surface area (Å²) < 4.78 is 39.5. The van der Waals surface area contributed by atoms with Gasteiger partial charge in [0.15, 0.2) is 6.04 Å². The molecule has 0 unspecified atom stereocenters.